The summed E-state index contributed by atoms with van der Waals surface area (Å²) in [6.45, 7) is 0.626. The van der Waals surface area contributed by atoms with Crippen LogP contribution in [0.1, 0.15) is 0 Å². The van der Waals surface area contributed by atoms with Crippen molar-refractivity contribution in [2.24, 2.45) is 10.2 Å². The van der Waals surface area contributed by atoms with Gasteiger partial charge in [-0.3, -0.25) is 0 Å². The van der Waals surface area contributed by atoms with E-state index in [4.69, 9.17) is 5.11 Å². The van der Waals surface area contributed by atoms with E-state index in [1.165, 1.54) is 11.8 Å². The van der Waals surface area contributed by atoms with Gasteiger partial charge in [-0.05, 0) is 30.5 Å². The minimum absolute atomic E-state index is 0.102. The molecule has 0 fully saturated rings. The van der Waals surface area contributed by atoms with Crippen LogP contribution in [-0.2, 0) is 0 Å². The maximum Gasteiger partial charge on any atom is 0.265 e. The lowest BCUT2D eigenvalue weighted by Crippen LogP contribution is -2.04. The third kappa shape index (κ3) is 4.04. The average Bonchev–Trinajstić information content (AvgIpc) is 2.92. The molecule has 19 heavy (non-hydrogen) atoms. The van der Waals surface area contributed by atoms with Gasteiger partial charge >= 0.3 is 0 Å². The van der Waals surface area contributed by atoms with Gasteiger partial charge in [0.05, 0.1) is 12.3 Å². The lowest BCUT2D eigenvalue weighted by Gasteiger charge is -2.03. The summed E-state index contributed by atoms with van der Waals surface area (Å²) >= 11 is 1.44. The topological polar surface area (TPSA) is 98.5 Å². The summed E-state index contributed by atoms with van der Waals surface area (Å²) < 4.78 is 0. The number of nitrogens with zero attached hydrogens (tertiary/aromatic N) is 4. The minimum atomic E-state index is 0.102. The molecule has 1 heterocycles. The van der Waals surface area contributed by atoms with Crippen molar-refractivity contribution in [2.75, 3.05) is 24.7 Å². The highest BCUT2D eigenvalue weighted by molar-refractivity contribution is 7.98. The molecule has 0 aliphatic rings. The Bertz CT molecular complexity index is 538. The molecule has 0 radical (unpaired) electrons. The Hall–Kier alpha value is -1.93. The smallest absolute Gasteiger partial charge is 0.265 e. The second-order valence-corrected chi connectivity index (χ2v) is 4.32. The Morgan fingerprint density at radius 2 is 2.11 bits per heavy atom. The van der Waals surface area contributed by atoms with E-state index >= 15 is 0 Å². The average molecular weight is 278 g/mol. The zero-order valence-corrected chi connectivity index (χ0v) is 11.2. The van der Waals surface area contributed by atoms with Crippen LogP contribution in [-0.4, -0.2) is 39.7 Å². The van der Waals surface area contributed by atoms with Crippen LogP contribution >= 0.6 is 11.8 Å². The lowest BCUT2D eigenvalue weighted by atomic mass is 10.3. The van der Waals surface area contributed by atoms with Gasteiger partial charge in [-0.2, -0.15) is 4.98 Å². The molecule has 7 nitrogen and oxygen atoms in total. The van der Waals surface area contributed by atoms with Crippen LogP contribution < -0.4 is 5.32 Å². The predicted octanol–water partition coefficient (Wildman–Crippen LogP) is 2.35. The zero-order chi connectivity index (χ0) is 13.5. The van der Waals surface area contributed by atoms with Gasteiger partial charge in [-0.25, -0.2) is 5.10 Å². The number of H-pyrrole nitrogens is 1. The highest BCUT2D eigenvalue weighted by Gasteiger charge is 1.99. The highest BCUT2D eigenvalue weighted by Crippen LogP contribution is 2.19. The number of anilines is 1. The first-order valence-electron chi connectivity index (χ1n) is 5.65. The number of rotatable bonds is 6. The van der Waals surface area contributed by atoms with E-state index in [0.717, 1.165) is 11.4 Å². The number of aliphatic hydroxyl groups excluding tert-OH is 1. The number of nitrogens with one attached hydrogen (secondary N) is 2. The van der Waals surface area contributed by atoms with E-state index < -0.39 is 0 Å². The molecule has 0 bridgehead atoms. The molecule has 3 N–H and O–H groups in total. The second-order valence-electron chi connectivity index (χ2n) is 3.54. The van der Waals surface area contributed by atoms with Gasteiger partial charge in [0.15, 0.2) is 0 Å². The van der Waals surface area contributed by atoms with Crippen LogP contribution in [0.25, 0.3) is 0 Å². The van der Waals surface area contributed by atoms with Gasteiger partial charge in [-0.1, -0.05) is 11.8 Å². The number of aliphatic hydroxyl groups is 1. The standard InChI is InChI=1S/C11H14N6OS/c1-19-11-13-10(16-17-11)15-14-9-4-2-8(3-5-9)12-6-7-18/h2-5,12,18H,6-7H2,1H3,(H,13,16,17). The van der Waals surface area contributed by atoms with Crippen molar-refractivity contribution in [3.8, 4) is 0 Å². The Balaban J connectivity index is 1.98. The normalized spacial score (nSPS) is 11.1. The number of hydrogen-bond acceptors (Lipinski definition) is 7. The summed E-state index contributed by atoms with van der Waals surface area (Å²) in [5, 5.41) is 27.0. The molecule has 2 aromatic rings. The molecule has 8 heteroatoms. The van der Waals surface area contributed by atoms with E-state index in [-0.39, 0.29) is 6.61 Å². The van der Waals surface area contributed by atoms with Gasteiger partial charge in [0.2, 0.25) is 5.16 Å². The maximum absolute atomic E-state index is 8.70. The number of benzene rings is 1. The molecule has 0 aliphatic heterocycles. The summed E-state index contributed by atoms with van der Waals surface area (Å²) in [7, 11) is 0. The number of azo groups is 1. The monoisotopic (exact) mass is 278 g/mol. The van der Waals surface area contributed by atoms with E-state index in [9.17, 15) is 0 Å². The molecule has 0 saturated carbocycles. The molecule has 0 saturated heterocycles. The van der Waals surface area contributed by atoms with Crippen LogP contribution in [0.2, 0.25) is 0 Å². The fraction of sp³-hybridized carbons (Fsp3) is 0.273. The van der Waals surface area contributed by atoms with Gasteiger partial charge in [0.1, 0.15) is 0 Å². The van der Waals surface area contributed by atoms with Crippen molar-refractivity contribution in [3.05, 3.63) is 24.3 Å². The summed E-state index contributed by atoms with van der Waals surface area (Å²) in [4.78, 5) is 4.10. The summed E-state index contributed by atoms with van der Waals surface area (Å²) in [5.41, 5.74) is 1.65. The molecule has 100 valence electrons. The Kier molecular flexibility index (Phi) is 4.87. The molecule has 0 spiro atoms. The third-order valence-electron chi connectivity index (χ3n) is 2.20. The fourth-order valence-corrected chi connectivity index (χ4v) is 1.64. The van der Waals surface area contributed by atoms with Gasteiger partial charge in [-0.15, -0.1) is 15.3 Å². The van der Waals surface area contributed by atoms with Crippen LogP contribution in [0.15, 0.2) is 39.7 Å². The molecule has 0 aliphatic carbocycles. The molecule has 0 amide bonds. The van der Waals surface area contributed by atoms with Crippen LogP contribution in [0.4, 0.5) is 17.3 Å². The second kappa shape index (κ2) is 6.86. The molecular weight excluding hydrogens is 264 g/mol. The van der Waals surface area contributed by atoms with Gasteiger partial charge < -0.3 is 10.4 Å². The third-order valence-corrected chi connectivity index (χ3v) is 2.75. The molecule has 1 aromatic heterocycles. The van der Waals surface area contributed by atoms with Crippen molar-refractivity contribution in [2.45, 2.75) is 5.16 Å². The van der Waals surface area contributed by atoms with Crippen molar-refractivity contribution < 1.29 is 5.11 Å². The molecule has 0 atom stereocenters. The Labute approximate surface area is 114 Å². The van der Waals surface area contributed by atoms with E-state index in [1.54, 1.807) is 0 Å². The number of aromatic nitrogens is 3. The van der Waals surface area contributed by atoms with Crippen LogP contribution in [0.5, 0.6) is 0 Å². The summed E-state index contributed by atoms with van der Waals surface area (Å²) in [5.74, 6) is 0.381. The Morgan fingerprint density at radius 3 is 2.74 bits per heavy atom. The van der Waals surface area contributed by atoms with Gasteiger partial charge in [0, 0.05) is 12.2 Å². The summed E-state index contributed by atoms with van der Waals surface area (Å²) in [6.07, 6.45) is 1.89. The number of hydrogen-bond donors (Lipinski definition) is 3. The van der Waals surface area contributed by atoms with Crippen molar-refractivity contribution in [1.29, 1.82) is 0 Å². The largest absolute Gasteiger partial charge is 0.395 e. The van der Waals surface area contributed by atoms with Crippen molar-refractivity contribution in [1.82, 2.24) is 15.2 Å². The van der Waals surface area contributed by atoms with Crippen molar-refractivity contribution >= 4 is 29.1 Å². The molecular formula is C11H14N6OS. The lowest BCUT2D eigenvalue weighted by molar-refractivity contribution is 0.311. The van der Waals surface area contributed by atoms with E-state index in [1.807, 2.05) is 30.5 Å². The highest BCUT2D eigenvalue weighted by atomic mass is 32.2. The van der Waals surface area contributed by atoms with Crippen LogP contribution in [0, 0.1) is 0 Å². The predicted molar refractivity (Wildman–Crippen MR) is 74.4 cm³/mol. The van der Waals surface area contributed by atoms with Gasteiger partial charge in [0.25, 0.3) is 5.95 Å². The first kappa shape index (κ1) is 13.5. The van der Waals surface area contributed by atoms with E-state index in [0.29, 0.717) is 17.6 Å². The number of aromatic amines is 1. The quantitative estimate of drug-likeness (QED) is 0.556. The minimum Gasteiger partial charge on any atom is -0.395 e. The summed E-state index contributed by atoms with van der Waals surface area (Å²) in [6, 6.07) is 7.40. The fourth-order valence-electron chi connectivity index (χ4n) is 1.33. The first-order chi connectivity index (χ1) is 9.31. The SMILES string of the molecule is CSc1n[nH]c(N=Nc2ccc(NCCO)cc2)n1. The molecule has 2 rings (SSSR count). The molecule has 1 aromatic carbocycles. The molecule has 0 unspecified atom stereocenters. The first-order valence-corrected chi connectivity index (χ1v) is 6.87. The van der Waals surface area contributed by atoms with Crippen LogP contribution in [0.3, 0.4) is 0 Å². The zero-order valence-electron chi connectivity index (χ0n) is 10.4. The maximum atomic E-state index is 8.70. The van der Waals surface area contributed by atoms with E-state index in [2.05, 4.69) is 30.7 Å². The Morgan fingerprint density at radius 1 is 1.32 bits per heavy atom. The van der Waals surface area contributed by atoms with Crippen molar-refractivity contribution in [3.63, 3.8) is 0 Å². The number of thioether (sulfide) groups is 1.